The van der Waals surface area contributed by atoms with Crippen molar-refractivity contribution in [1.29, 1.82) is 0 Å². The summed E-state index contributed by atoms with van der Waals surface area (Å²) >= 11 is 0. The second kappa shape index (κ2) is 8.22. The molecule has 0 fully saturated rings. The fourth-order valence-corrected chi connectivity index (χ4v) is 2.14. The Morgan fingerprint density at radius 3 is 2.77 bits per heavy atom. The van der Waals surface area contributed by atoms with E-state index in [1.165, 1.54) is 12.8 Å². The van der Waals surface area contributed by atoms with Gasteiger partial charge in [-0.05, 0) is 25.5 Å². The van der Waals surface area contributed by atoms with Crippen LogP contribution in [-0.2, 0) is 0 Å². The van der Waals surface area contributed by atoms with Crippen LogP contribution in [0.2, 0.25) is 0 Å². The summed E-state index contributed by atoms with van der Waals surface area (Å²) in [5.41, 5.74) is 1.87. The van der Waals surface area contributed by atoms with E-state index in [2.05, 4.69) is 27.5 Å². The fourth-order valence-electron chi connectivity index (χ4n) is 2.14. The molecule has 0 bridgehead atoms. The highest BCUT2D eigenvalue weighted by Crippen LogP contribution is 2.21. The first-order valence-electron chi connectivity index (χ1n) is 7.72. The number of hydrogen-bond donors (Lipinski definition) is 2. The van der Waals surface area contributed by atoms with Gasteiger partial charge in [-0.3, -0.25) is 0 Å². The molecule has 0 atom stereocenters. The van der Waals surface area contributed by atoms with Crippen molar-refractivity contribution in [2.45, 2.75) is 33.1 Å². The Morgan fingerprint density at radius 1 is 1.14 bits per heavy atom. The van der Waals surface area contributed by atoms with Crippen LogP contribution >= 0.6 is 0 Å². The van der Waals surface area contributed by atoms with E-state index in [-0.39, 0.29) is 0 Å². The summed E-state index contributed by atoms with van der Waals surface area (Å²) in [5.74, 6) is 2.26. The number of nitrogens with one attached hydrogen (secondary N) is 2. The molecular weight excluding hydrogens is 276 g/mol. The molecule has 0 spiro atoms. The van der Waals surface area contributed by atoms with Gasteiger partial charge in [-0.1, -0.05) is 25.8 Å². The normalized spacial score (nSPS) is 10.3. The van der Waals surface area contributed by atoms with Gasteiger partial charge in [0.2, 0.25) is 5.95 Å². The Labute approximate surface area is 132 Å². The van der Waals surface area contributed by atoms with Crippen LogP contribution in [0.4, 0.5) is 17.5 Å². The van der Waals surface area contributed by atoms with Gasteiger partial charge in [0.15, 0.2) is 0 Å². The number of unbranched alkanes of at least 4 members (excludes halogenated alkanes) is 2. The molecule has 2 aromatic rings. The minimum Gasteiger partial charge on any atom is -0.497 e. The molecule has 0 amide bonds. The summed E-state index contributed by atoms with van der Waals surface area (Å²) in [6.45, 7) is 5.06. The van der Waals surface area contributed by atoms with Gasteiger partial charge < -0.3 is 15.4 Å². The highest BCUT2D eigenvalue weighted by Gasteiger charge is 2.03. The maximum atomic E-state index is 5.23. The van der Waals surface area contributed by atoms with Crippen LogP contribution in [0.1, 0.15) is 31.9 Å². The SMILES string of the molecule is CCCCCNc1nc(C)cc(Nc2cccc(OC)c2)n1. The third kappa shape index (κ3) is 4.91. The van der Waals surface area contributed by atoms with Crippen LogP contribution < -0.4 is 15.4 Å². The molecule has 0 radical (unpaired) electrons. The highest BCUT2D eigenvalue weighted by molar-refractivity contribution is 5.59. The molecule has 2 rings (SSSR count). The Balaban J connectivity index is 2.05. The lowest BCUT2D eigenvalue weighted by Gasteiger charge is -2.10. The Bertz CT molecular complexity index is 601. The molecule has 0 saturated heterocycles. The first kappa shape index (κ1) is 16.1. The van der Waals surface area contributed by atoms with Crippen molar-refractivity contribution in [2.24, 2.45) is 0 Å². The monoisotopic (exact) mass is 300 g/mol. The molecule has 1 aromatic heterocycles. The predicted molar refractivity (Wildman–Crippen MR) is 91.1 cm³/mol. The second-order valence-corrected chi connectivity index (χ2v) is 5.21. The average Bonchev–Trinajstić information content (AvgIpc) is 2.51. The number of aryl methyl sites for hydroxylation is 1. The zero-order valence-electron chi connectivity index (χ0n) is 13.5. The molecule has 0 aliphatic rings. The Kier molecular flexibility index (Phi) is 6.01. The highest BCUT2D eigenvalue weighted by atomic mass is 16.5. The van der Waals surface area contributed by atoms with Gasteiger partial charge in [-0.25, -0.2) is 4.98 Å². The van der Waals surface area contributed by atoms with Gasteiger partial charge in [0.05, 0.1) is 7.11 Å². The number of hydrogen-bond acceptors (Lipinski definition) is 5. The summed E-state index contributed by atoms with van der Waals surface area (Å²) in [4.78, 5) is 8.93. The lowest BCUT2D eigenvalue weighted by molar-refractivity contribution is 0.415. The molecule has 5 heteroatoms. The zero-order valence-corrected chi connectivity index (χ0v) is 13.5. The molecule has 118 valence electrons. The van der Waals surface area contributed by atoms with Crippen LogP contribution in [0.5, 0.6) is 5.75 Å². The number of nitrogens with zero attached hydrogens (tertiary/aromatic N) is 2. The van der Waals surface area contributed by atoms with Crippen LogP contribution in [-0.4, -0.2) is 23.6 Å². The van der Waals surface area contributed by atoms with E-state index in [4.69, 9.17) is 4.74 Å². The Hall–Kier alpha value is -2.30. The van der Waals surface area contributed by atoms with Crippen molar-refractivity contribution in [3.63, 3.8) is 0 Å². The molecule has 0 saturated carbocycles. The largest absolute Gasteiger partial charge is 0.497 e. The molecule has 2 N–H and O–H groups in total. The smallest absolute Gasteiger partial charge is 0.224 e. The third-order valence-corrected chi connectivity index (χ3v) is 3.26. The van der Waals surface area contributed by atoms with Crippen LogP contribution in [0, 0.1) is 6.92 Å². The van der Waals surface area contributed by atoms with E-state index in [9.17, 15) is 0 Å². The average molecular weight is 300 g/mol. The molecule has 0 aliphatic carbocycles. The minimum atomic E-state index is 0.668. The van der Waals surface area contributed by atoms with Crippen molar-refractivity contribution in [2.75, 3.05) is 24.3 Å². The van der Waals surface area contributed by atoms with Crippen molar-refractivity contribution in [3.8, 4) is 5.75 Å². The number of rotatable bonds is 8. The van der Waals surface area contributed by atoms with Crippen molar-refractivity contribution >= 4 is 17.5 Å². The van der Waals surface area contributed by atoms with Gasteiger partial charge in [0, 0.05) is 30.1 Å². The number of aromatic nitrogens is 2. The molecule has 1 heterocycles. The van der Waals surface area contributed by atoms with Crippen molar-refractivity contribution < 1.29 is 4.74 Å². The van der Waals surface area contributed by atoms with Gasteiger partial charge >= 0.3 is 0 Å². The second-order valence-electron chi connectivity index (χ2n) is 5.21. The van der Waals surface area contributed by atoms with E-state index in [1.807, 2.05) is 37.3 Å². The fraction of sp³-hybridized carbons (Fsp3) is 0.412. The van der Waals surface area contributed by atoms with Crippen molar-refractivity contribution in [3.05, 3.63) is 36.0 Å². The number of ether oxygens (including phenoxy) is 1. The topological polar surface area (TPSA) is 59.1 Å². The first-order valence-corrected chi connectivity index (χ1v) is 7.72. The van der Waals surface area contributed by atoms with E-state index in [1.54, 1.807) is 7.11 Å². The van der Waals surface area contributed by atoms with E-state index >= 15 is 0 Å². The molecule has 5 nitrogen and oxygen atoms in total. The van der Waals surface area contributed by atoms with E-state index < -0.39 is 0 Å². The lowest BCUT2D eigenvalue weighted by atomic mass is 10.2. The van der Waals surface area contributed by atoms with Gasteiger partial charge in [-0.15, -0.1) is 0 Å². The Morgan fingerprint density at radius 2 is 2.00 bits per heavy atom. The van der Waals surface area contributed by atoms with Crippen LogP contribution in [0.15, 0.2) is 30.3 Å². The van der Waals surface area contributed by atoms with Crippen LogP contribution in [0.3, 0.4) is 0 Å². The third-order valence-electron chi connectivity index (χ3n) is 3.26. The van der Waals surface area contributed by atoms with E-state index in [0.717, 1.165) is 35.9 Å². The quantitative estimate of drug-likeness (QED) is 0.718. The van der Waals surface area contributed by atoms with Gasteiger partial charge in [0.1, 0.15) is 11.6 Å². The zero-order chi connectivity index (χ0) is 15.8. The lowest BCUT2D eigenvalue weighted by Crippen LogP contribution is -2.07. The number of benzene rings is 1. The predicted octanol–water partition coefficient (Wildman–Crippen LogP) is 4.14. The maximum absolute atomic E-state index is 5.23. The summed E-state index contributed by atoms with van der Waals surface area (Å²) in [7, 11) is 1.66. The molecular formula is C17H24N4O. The van der Waals surface area contributed by atoms with Crippen LogP contribution in [0.25, 0.3) is 0 Å². The molecule has 0 aliphatic heterocycles. The van der Waals surface area contributed by atoms with Crippen molar-refractivity contribution in [1.82, 2.24) is 9.97 Å². The van der Waals surface area contributed by atoms with Gasteiger partial charge in [0.25, 0.3) is 0 Å². The first-order chi connectivity index (χ1) is 10.7. The number of methoxy groups -OCH3 is 1. The summed E-state index contributed by atoms with van der Waals surface area (Å²) < 4.78 is 5.23. The molecule has 0 unspecified atom stereocenters. The summed E-state index contributed by atoms with van der Waals surface area (Å²) in [5, 5.41) is 6.57. The molecule has 1 aromatic carbocycles. The number of anilines is 3. The minimum absolute atomic E-state index is 0.668. The molecule has 22 heavy (non-hydrogen) atoms. The maximum Gasteiger partial charge on any atom is 0.224 e. The standard InChI is InChI=1S/C17H24N4O/c1-4-5-6-10-18-17-19-13(2)11-16(21-17)20-14-8-7-9-15(12-14)22-3/h7-9,11-12H,4-6,10H2,1-3H3,(H2,18,19,20,21). The van der Waals surface area contributed by atoms with E-state index in [0.29, 0.717) is 5.95 Å². The summed E-state index contributed by atoms with van der Waals surface area (Å²) in [6, 6.07) is 9.70. The van der Waals surface area contributed by atoms with Gasteiger partial charge in [-0.2, -0.15) is 4.98 Å². The summed E-state index contributed by atoms with van der Waals surface area (Å²) in [6.07, 6.45) is 3.55.